The van der Waals surface area contributed by atoms with Gasteiger partial charge in [0.05, 0.1) is 12.6 Å². The van der Waals surface area contributed by atoms with Gasteiger partial charge in [0.25, 0.3) is 5.91 Å². The molecule has 3 N–H and O–H groups in total. The molecule has 0 aliphatic heterocycles. The monoisotopic (exact) mass is 556 g/mol. The van der Waals surface area contributed by atoms with Gasteiger partial charge in [0.1, 0.15) is 5.82 Å². The summed E-state index contributed by atoms with van der Waals surface area (Å²) in [5.41, 5.74) is 1.61. The summed E-state index contributed by atoms with van der Waals surface area (Å²) < 4.78 is 30.4. The molecule has 0 aliphatic rings. The molecule has 2 aromatic carbocycles. The normalized spacial score (nSPS) is 12.1. The Morgan fingerprint density at radius 1 is 1.11 bits per heavy atom. The number of hydrogen-bond acceptors (Lipinski definition) is 5. The van der Waals surface area contributed by atoms with Crippen molar-refractivity contribution in [1.29, 1.82) is 0 Å². The molecule has 0 bridgehead atoms. The molecule has 37 heavy (non-hydrogen) atoms. The van der Waals surface area contributed by atoms with Gasteiger partial charge >= 0.3 is 13.6 Å². The lowest BCUT2D eigenvalue weighted by molar-refractivity contribution is -0.152. The average Bonchev–Trinajstić information content (AvgIpc) is 2.84. The number of nitrogens with one attached hydrogen (secondary N) is 1. The van der Waals surface area contributed by atoms with Crippen molar-refractivity contribution in [2.75, 3.05) is 25.9 Å². The molecule has 0 spiro atoms. The summed E-state index contributed by atoms with van der Waals surface area (Å²) in [7, 11) is -4.37. The van der Waals surface area contributed by atoms with E-state index in [1.165, 1.54) is 23.1 Å². The van der Waals surface area contributed by atoms with Gasteiger partial charge in [0, 0.05) is 36.1 Å². The zero-order valence-corrected chi connectivity index (χ0v) is 22.3. The van der Waals surface area contributed by atoms with Gasteiger partial charge in [0.2, 0.25) is 5.91 Å². The Labute approximate surface area is 220 Å². The summed E-state index contributed by atoms with van der Waals surface area (Å²) in [5, 5.41) is 2.99. The van der Waals surface area contributed by atoms with E-state index in [0.717, 1.165) is 0 Å². The molecule has 0 aromatic heterocycles. The fourth-order valence-corrected chi connectivity index (χ4v) is 4.28. The lowest BCUT2D eigenvalue weighted by atomic mass is 9.99. The molecule has 202 valence electrons. The van der Waals surface area contributed by atoms with Crippen LogP contribution in [0.25, 0.3) is 11.1 Å². The van der Waals surface area contributed by atoms with Crippen molar-refractivity contribution in [3.8, 4) is 11.1 Å². The van der Waals surface area contributed by atoms with Crippen molar-refractivity contribution >= 4 is 37.0 Å². The second-order valence-corrected chi connectivity index (χ2v) is 10.6. The van der Waals surface area contributed by atoms with Gasteiger partial charge in [-0.1, -0.05) is 35.9 Å². The van der Waals surface area contributed by atoms with Crippen LogP contribution >= 0.6 is 19.2 Å². The molecule has 1 atom stereocenters. The van der Waals surface area contributed by atoms with E-state index < -0.39 is 50.5 Å². The summed E-state index contributed by atoms with van der Waals surface area (Å²) in [6.07, 6.45) is -1.14. The Kier molecular flexibility index (Phi) is 11.7. The van der Waals surface area contributed by atoms with E-state index in [1.54, 1.807) is 38.1 Å². The van der Waals surface area contributed by atoms with Crippen molar-refractivity contribution in [2.45, 2.75) is 39.2 Å². The number of halogens is 2. The van der Waals surface area contributed by atoms with E-state index in [0.29, 0.717) is 34.8 Å². The quantitative estimate of drug-likeness (QED) is 0.254. The van der Waals surface area contributed by atoms with Crippen LogP contribution in [0.4, 0.5) is 4.39 Å². The molecule has 12 heteroatoms. The Hall–Kier alpha value is -2.78. The van der Waals surface area contributed by atoms with Crippen LogP contribution in [0.15, 0.2) is 42.5 Å². The van der Waals surface area contributed by atoms with Crippen LogP contribution in [0, 0.1) is 5.82 Å². The first-order chi connectivity index (χ1) is 17.4. The largest absolute Gasteiger partial charge is 0.456 e. The predicted octanol–water partition coefficient (Wildman–Crippen LogP) is 3.54. The number of nitrogens with zero attached hydrogens (tertiary/aromatic N) is 1. The van der Waals surface area contributed by atoms with Crippen LogP contribution in [0.2, 0.25) is 5.02 Å². The van der Waals surface area contributed by atoms with Gasteiger partial charge in [-0.25, -0.2) is 4.39 Å². The molecule has 0 saturated carbocycles. The van der Waals surface area contributed by atoms with Crippen molar-refractivity contribution in [2.24, 2.45) is 0 Å². The van der Waals surface area contributed by atoms with Gasteiger partial charge in [0.15, 0.2) is 6.61 Å². The Balaban J connectivity index is 2.11. The number of carbonyl (C=O) groups is 3. The number of rotatable bonds is 13. The highest BCUT2D eigenvalue weighted by Gasteiger charge is 2.22. The summed E-state index contributed by atoms with van der Waals surface area (Å²) in [6, 6.07) is 10.2. The minimum atomic E-state index is -4.37. The highest BCUT2D eigenvalue weighted by molar-refractivity contribution is 7.51. The number of hydrogen-bond donors (Lipinski definition) is 3. The van der Waals surface area contributed by atoms with Gasteiger partial charge in [-0.15, -0.1) is 0 Å². The van der Waals surface area contributed by atoms with E-state index in [9.17, 15) is 23.3 Å². The zero-order chi connectivity index (χ0) is 27.6. The van der Waals surface area contributed by atoms with Gasteiger partial charge in [-0.05, 0) is 49.6 Å². The molecule has 0 aliphatic carbocycles. The molecule has 0 heterocycles. The van der Waals surface area contributed by atoms with Crippen molar-refractivity contribution in [3.63, 3.8) is 0 Å². The van der Waals surface area contributed by atoms with Crippen LogP contribution in [0.3, 0.4) is 0 Å². The maximum atomic E-state index is 14.2. The Bertz CT molecular complexity index is 1140. The van der Waals surface area contributed by atoms with E-state index in [4.69, 9.17) is 26.1 Å². The minimum Gasteiger partial charge on any atom is -0.456 e. The van der Waals surface area contributed by atoms with E-state index in [2.05, 4.69) is 5.32 Å². The van der Waals surface area contributed by atoms with E-state index in [-0.39, 0.29) is 18.7 Å². The first kappa shape index (κ1) is 30.4. The smallest absolute Gasteiger partial charge is 0.326 e. The average molecular weight is 557 g/mol. The lowest BCUT2D eigenvalue weighted by Gasteiger charge is -2.20. The number of carbonyl (C=O) groups excluding carboxylic acids is 3. The van der Waals surface area contributed by atoms with Crippen LogP contribution < -0.4 is 5.32 Å². The molecular formula is C25H31ClFN2O7P. The number of ether oxygens (including phenoxy) is 1. The summed E-state index contributed by atoms with van der Waals surface area (Å²) in [4.78, 5) is 56.4. The van der Waals surface area contributed by atoms with Crippen LogP contribution in [-0.2, 0) is 30.1 Å². The third-order valence-electron chi connectivity index (χ3n) is 5.56. The second-order valence-electron chi connectivity index (χ2n) is 8.36. The van der Waals surface area contributed by atoms with E-state index >= 15 is 0 Å². The van der Waals surface area contributed by atoms with Crippen LogP contribution in [0.5, 0.6) is 0 Å². The van der Waals surface area contributed by atoms with Gasteiger partial charge in [-0.2, -0.15) is 0 Å². The molecule has 0 radical (unpaired) electrons. The standard InChI is InChI=1S/C25H31ClFN2O7P/c1-3-29(4-2)24(31)16-36-25(32)15-20(28-23(30)11-12-37(33,34)35)13-17-5-7-18(8-6-17)21-14-19(26)9-10-22(21)27/h5-10,14,20H,3-4,11-13,15-16H2,1-2H3,(H,28,30)(H2,33,34,35)/t20-/m1/s1. The molecule has 0 saturated heterocycles. The highest BCUT2D eigenvalue weighted by Crippen LogP contribution is 2.34. The highest BCUT2D eigenvalue weighted by atomic mass is 35.5. The molecule has 2 rings (SSSR count). The molecule has 0 fully saturated rings. The van der Waals surface area contributed by atoms with Gasteiger partial charge < -0.3 is 24.7 Å². The summed E-state index contributed by atoms with van der Waals surface area (Å²) in [5.74, 6) is -2.13. The first-order valence-corrected chi connectivity index (χ1v) is 13.9. The number of amides is 2. The van der Waals surface area contributed by atoms with Gasteiger partial charge in [-0.3, -0.25) is 18.9 Å². The Morgan fingerprint density at radius 2 is 1.76 bits per heavy atom. The summed E-state index contributed by atoms with van der Waals surface area (Å²) in [6.45, 7) is 4.12. The molecule has 2 amide bonds. The molecule has 9 nitrogen and oxygen atoms in total. The third-order valence-corrected chi connectivity index (χ3v) is 6.60. The predicted molar refractivity (Wildman–Crippen MR) is 138 cm³/mol. The van der Waals surface area contributed by atoms with Crippen LogP contribution in [0.1, 0.15) is 32.3 Å². The minimum absolute atomic E-state index is 0.180. The summed E-state index contributed by atoms with van der Waals surface area (Å²) >= 11 is 5.97. The van der Waals surface area contributed by atoms with Crippen molar-refractivity contribution in [1.82, 2.24) is 10.2 Å². The zero-order valence-electron chi connectivity index (χ0n) is 20.7. The van der Waals surface area contributed by atoms with Crippen molar-refractivity contribution < 1.29 is 37.9 Å². The molecular weight excluding hydrogens is 526 g/mol. The second kappa shape index (κ2) is 14.2. The van der Waals surface area contributed by atoms with Crippen molar-refractivity contribution in [3.05, 3.63) is 58.9 Å². The molecule has 0 unspecified atom stereocenters. The number of likely N-dealkylation sites (N-methyl/N-ethyl adjacent to an activating group) is 1. The maximum Gasteiger partial charge on any atom is 0.326 e. The van der Waals surface area contributed by atoms with Crippen LogP contribution in [-0.4, -0.2) is 64.4 Å². The fraction of sp³-hybridized carbons (Fsp3) is 0.400. The third kappa shape index (κ3) is 10.6. The topological polar surface area (TPSA) is 133 Å². The number of esters is 1. The maximum absolute atomic E-state index is 14.2. The molecule has 2 aromatic rings. The number of benzene rings is 2. The lowest BCUT2D eigenvalue weighted by Crippen LogP contribution is -2.39. The Morgan fingerprint density at radius 3 is 2.35 bits per heavy atom. The van der Waals surface area contributed by atoms with E-state index in [1.807, 2.05) is 0 Å². The SMILES string of the molecule is CCN(CC)C(=O)COC(=O)C[C@@H](Cc1ccc(-c2cc(Cl)ccc2F)cc1)NC(=O)CCP(=O)(O)O. The first-order valence-electron chi connectivity index (χ1n) is 11.7. The fourth-order valence-electron chi connectivity index (χ4n) is 3.61.